The van der Waals surface area contributed by atoms with Crippen molar-refractivity contribution >= 4 is 0 Å². The number of rotatable bonds is 0. The van der Waals surface area contributed by atoms with E-state index in [1.165, 1.54) is 25.9 Å². The summed E-state index contributed by atoms with van der Waals surface area (Å²) in [5.41, 5.74) is 3.22. The molecule has 0 spiro atoms. The SMILES string of the molecule is C[N+]1(C)CC2=CCCC=C2C1. The zero-order chi connectivity index (χ0) is 7.90. The summed E-state index contributed by atoms with van der Waals surface area (Å²) in [6.07, 6.45) is 7.36. The molecule has 0 saturated carbocycles. The lowest BCUT2D eigenvalue weighted by Crippen LogP contribution is -2.35. The molecule has 0 aromatic heterocycles. The highest BCUT2D eigenvalue weighted by molar-refractivity contribution is 5.37. The number of likely N-dealkylation sites (N-methyl/N-ethyl adjacent to an activating group) is 1. The molecule has 0 unspecified atom stereocenters. The number of likely N-dealkylation sites (tertiary alicyclic amines) is 1. The minimum Gasteiger partial charge on any atom is -0.321 e. The summed E-state index contributed by atoms with van der Waals surface area (Å²) in [6.45, 7) is 2.48. The van der Waals surface area contributed by atoms with Gasteiger partial charge in [0.25, 0.3) is 0 Å². The molecule has 2 aliphatic rings. The van der Waals surface area contributed by atoms with Crippen molar-refractivity contribution in [3.63, 3.8) is 0 Å². The van der Waals surface area contributed by atoms with Gasteiger partial charge in [0.15, 0.2) is 0 Å². The first-order valence-electron chi connectivity index (χ1n) is 4.38. The fraction of sp³-hybridized carbons (Fsp3) is 0.600. The zero-order valence-corrected chi connectivity index (χ0v) is 7.43. The third-order valence-electron chi connectivity index (χ3n) is 2.56. The molecule has 0 amide bonds. The van der Waals surface area contributed by atoms with Crippen LogP contribution in [0.15, 0.2) is 23.3 Å². The molecule has 0 N–H and O–H groups in total. The van der Waals surface area contributed by atoms with Crippen molar-refractivity contribution < 1.29 is 4.48 Å². The van der Waals surface area contributed by atoms with Crippen LogP contribution in [0.25, 0.3) is 0 Å². The molecule has 0 atom stereocenters. The molecule has 60 valence electrons. The van der Waals surface area contributed by atoms with Gasteiger partial charge >= 0.3 is 0 Å². The Balaban J connectivity index is 2.29. The Hall–Kier alpha value is -0.560. The second-order valence-electron chi connectivity index (χ2n) is 4.29. The van der Waals surface area contributed by atoms with Crippen LogP contribution in [-0.4, -0.2) is 31.7 Å². The van der Waals surface area contributed by atoms with Gasteiger partial charge < -0.3 is 4.48 Å². The van der Waals surface area contributed by atoms with E-state index in [1.54, 1.807) is 11.1 Å². The highest BCUT2D eigenvalue weighted by Gasteiger charge is 2.30. The smallest absolute Gasteiger partial charge is 0.104 e. The van der Waals surface area contributed by atoms with Crippen molar-refractivity contribution in [2.75, 3.05) is 27.2 Å². The van der Waals surface area contributed by atoms with E-state index < -0.39 is 0 Å². The van der Waals surface area contributed by atoms with Crippen LogP contribution in [0.4, 0.5) is 0 Å². The third kappa shape index (κ3) is 1.25. The molecule has 1 aliphatic heterocycles. The van der Waals surface area contributed by atoms with Gasteiger partial charge in [-0.3, -0.25) is 0 Å². The van der Waals surface area contributed by atoms with Crippen molar-refractivity contribution in [2.45, 2.75) is 12.8 Å². The molecule has 1 saturated heterocycles. The average molecular weight is 150 g/mol. The van der Waals surface area contributed by atoms with Gasteiger partial charge in [-0.15, -0.1) is 0 Å². The van der Waals surface area contributed by atoms with E-state index in [4.69, 9.17) is 0 Å². The molecular formula is C10H16N+. The molecule has 2 rings (SSSR count). The van der Waals surface area contributed by atoms with E-state index >= 15 is 0 Å². The molecule has 1 nitrogen and oxygen atoms in total. The molecule has 1 aliphatic carbocycles. The van der Waals surface area contributed by atoms with Gasteiger partial charge in [0, 0.05) is 11.1 Å². The standard InChI is InChI=1S/C10H16N/c1-11(2)7-9-5-3-4-6-10(9)8-11/h5-6H,3-4,7-8H2,1-2H3/q+1. The van der Waals surface area contributed by atoms with Gasteiger partial charge in [0.1, 0.15) is 13.1 Å². The molecule has 0 aromatic rings. The van der Waals surface area contributed by atoms with Crippen molar-refractivity contribution in [1.29, 1.82) is 0 Å². The first-order chi connectivity index (χ1) is 5.17. The second kappa shape index (κ2) is 2.21. The summed E-state index contributed by atoms with van der Waals surface area (Å²) in [4.78, 5) is 0. The maximum absolute atomic E-state index is 2.42. The summed E-state index contributed by atoms with van der Waals surface area (Å²) in [5, 5.41) is 0. The Labute approximate surface area is 68.6 Å². The first-order valence-corrected chi connectivity index (χ1v) is 4.38. The van der Waals surface area contributed by atoms with Gasteiger partial charge in [-0.2, -0.15) is 0 Å². The summed E-state index contributed by atoms with van der Waals surface area (Å²) in [6, 6.07) is 0. The van der Waals surface area contributed by atoms with Gasteiger partial charge in [0.05, 0.1) is 14.1 Å². The zero-order valence-electron chi connectivity index (χ0n) is 7.43. The normalized spacial score (nSPS) is 27.5. The summed E-state index contributed by atoms with van der Waals surface area (Å²) in [7, 11) is 4.61. The summed E-state index contributed by atoms with van der Waals surface area (Å²) in [5.74, 6) is 0. The number of nitrogens with zero attached hydrogens (tertiary/aromatic N) is 1. The van der Waals surface area contributed by atoms with Crippen LogP contribution in [0, 0.1) is 0 Å². The highest BCUT2D eigenvalue weighted by atomic mass is 15.3. The van der Waals surface area contributed by atoms with Crippen LogP contribution in [0.5, 0.6) is 0 Å². The Bertz CT molecular complexity index is 209. The van der Waals surface area contributed by atoms with Gasteiger partial charge in [0.2, 0.25) is 0 Å². The molecule has 0 bridgehead atoms. The lowest BCUT2D eigenvalue weighted by Gasteiger charge is -2.21. The lowest BCUT2D eigenvalue weighted by atomic mass is 10.0. The van der Waals surface area contributed by atoms with Crippen LogP contribution >= 0.6 is 0 Å². The predicted octanol–water partition coefficient (Wildman–Crippen LogP) is 1.72. The van der Waals surface area contributed by atoms with Crippen molar-refractivity contribution in [3.8, 4) is 0 Å². The highest BCUT2D eigenvalue weighted by Crippen LogP contribution is 2.29. The Morgan fingerprint density at radius 2 is 1.45 bits per heavy atom. The van der Waals surface area contributed by atoms with Crippen LogP contribution in [0.2, 0.25) is 0 Å². The molecule has 11 heavy (non-hydrogen) atoms. The van der Waals surface area contributed by atoms with E-state index in [9.17, 15) is 0 Å². The Morgan fingerprint density at radius 1 is 1.00 bits per heavy atom. The Kier molecular flexibility index (Phi) is 1.43. The molecule has 1 heterocycles. The maximum atomic E-state index is 2.42. The maximum Gasteiger partial charge on any atom is 0.104 e. The number of hydrogen-bond acceptors (Lipinski definition) is 0. The average Bonchev–Trinajstić information content (AvgIpc) is 2.21. The molecule has 1 heteroatoms. The van der Waals surface area contributed by atoms with Crippen LogP contribution in [0.1, 0.15) is 12.8 Å². The van der Waals surface area contributed by atoms with Crippen LogP contribution in [-0.2, 0) is 0 Å². The monoisotopic (exact) mass is 150 g/mol. The minimum absolute atomic E-state index is 1.15. The van der Waals surface area contributed by atoms with Crippen LogP contribution < -0.4 is 0 Å². The van der Waals surface area contributed by atoms with Crippen LogP contribution in [0.3, 0.4) is 0 Å². The van der Waals surface area contributed by atoms with E-state index in [0.717, 1.165) is 4.48 Å². The molecule has 1 fully saturated rings. The fourth-order valence-corrected chi connectivity index (χ4v) is 2.09. The van der Waals surface area contributed by atoms with E-state index in [0.29, 0.717) is 0 Å². The predicted molar refractivity (Wildman–Crippen MR) is 47.2 cm³/mol. The van der Waals surface area contributed by atoms with Gasteiger partial charge in [-0.1, -0.05) is 12.2 Å². The van der Waals surface area contributed by atoms with E-state index in [-0.39, 0.29) is 0 Å². The second-order valence-corrected chi connectivity index (χ2v) is 4.29. The first kappa shape index (κ1) is 7.11. The van der Waals surface area contributed by atoms with Crippen molar-refractivity contribution in [2.24, 2.45) is 0 Å². The van der Waals surface area contributed by atoms with Gasteiger partial charge in [-0.25, -0.2) is 0 Å². The lowest BCUT2D eigenvalue weighted by molar-refractivity contribution is -0.872. The summed E-state index contributed by atoms with van der Waals surface area (Å²) < 4.78 is 1.15. The fourth-order valence-electron chi connectivity index (χ4n) is 2.09. The van der Waals surface area contributed by atoms with Gasteiger partial charge in [-0.05, 0) is 12.8 Å². The number of fused-ring (bicyclic) bond motifs is 1. The van der Waals surface area contributed by atoms with Crippen molar-refractivity contribution in [1.82, 2.24) is 0 Å². The molecule has 0 radical (unpaired) electrons. The van der Waals surface area contributed by atoms with E-state index in [2.05, 4.69) is 26.2 Å². The largest absolute Gasteiger partial charge is 0.321 e. The molecule has 0 aromatic carbocycles. The quantitative estimate of drug-likeness (QED) is 0.461. The van der Waals surface area contributed by atoms with Crippen molar-refractivity contribution in [3.05, 3.63) is 23.3 Å². The Morgan fingerprint density at radius 3 is 1.91 bits per heavy atom. The third-order valence-corrected chi connectivity index (χ3v) is 2.56. The van der Waals surface area contributed by atoms with E-state index in [1.807, 2.05) is 0 Å². The number of hydrogen-bond donors (Lipinski definition) is 0. The minimum atomic E-state index is 1.15. The summed E-state index contributed by atoms with van der Waals surface area (Å²) >= 11 is 0. The topological polar surface area (TPSA) is 0 Å². The molecular weight excluding hydrogens is 134 g/mol. The number of allylic oxidation sites excluding steroid dienone is 2. The number of quaternary nitrogens is 1.